The van der Waals surface area contributed by atoms with Crippen LogP contribution in [0.1, 0.15) is 92.3 Å². The first-order valence-corrected chi connectivity index (χ1v) is 42.8. The van der Waals surface area contributed by atoms with E-state index in [0.717, 1.165) is 59.1 Å². The number of carboxylic acids is 2. The number of carboxylic acid groups (broad SMARTS) is 2. The van der Waals surface area contributed by atoms with Gasteiger partial charge in [0.1, 0.15) is 77.8 Å². The molecular formula is C73H81Cl6F3LiN9O20S6. The minimum Gasteiger partial charge on any atom is -0.870 e. The van der Waals surface area contributed by atoms with Crippen LogP contribution in [-0.2, 0) is 77.9 Å². The quantitative estimate of drug-likeness (QED) is 0.00963. The van der Waals surface area contributed by atoms with Crippen LogP contribution in [0.25, 0.3) is 0 Å². The number of aromatic nitrogens is 3. The fraction of sp³-hybridized carbons (Fsp3) is 0.315. The van der Waals surface area contributed by atoms with Crippen molar-refractivity contribution >= 4 is 181 Å². The number of methoxy groups -OCH3 is 1. The van der Waals surface area contributed by atoms with Crippen LogP contribution < -0.4 is 62.4 Å². The minimum absolute atomic E-state index is 0. The third-order valence-corrected chi connectivity index (χ3v) is 22.6. The molecule has 29 nitrogen and oxygen atoms in total. The molecule has 0 aliphatic rings. The molecule has 3 heterocycles. The average Bonchev–Trinajstić information content (AvgIpc) is 1.15. The Morgan fingerprint density at radius 1 is 0.475 bits per heavy atom. The molecule has 0 fully saturated rings. The summed E-state index contributed by atoms with van der Waals surface area (Å²) in [5.41, 5.74) is 3.99. The van der Waals surface area contributed by atoms with Crippen molar-refractivity contribution in [3.63, 3.8) is 0 Å². The average molecular weight is 1870 g/mol. The number of aliphatic carboxylic acids is 2. The van der Waals surface area contributed by atoms with Crippen LogP contribution >= 0.6 is 104 Å². The van der Waals surface area contributed by atoms with E-state index in [1.165, 1.54) is 51.1 Å². The van der Waals surface area contributed by atoms with E-state index in [-0.39, 0.29) is 129 Å². The molecule has 638 valence electrons. The first-order chi connectivity index (χ1) is 53.6. The van der Waals surface area contributed by atoms with Gasteiger partial charge in [-0.15, -0.1) is 42.6 Å². The molecule has 0 bridgehead atoms. The van der Waals surface area contributed by atoms with Gasteiger partial charge in [0, 0.05) is 49.4 Å². The second kappa shape index (κ2) is 47.4. The predicted octanol–water partition coefficient (Wildman–Crippen LogP) is 15.2. The van der Waals surface area contributed by atoms with Gasteiger partial charge in [-0.2, -0.15) is 0 Å². The number of hydrogen-bond donors (Lipinski definition) is 6. The van der Waals surface area contributed by atoms with E-state index in [1.807, 2.05) is 0 Å². The zero-order valence-electron chi connectivity index (χ0n) is 62.5. The number of amides is 2. The molecule has 0 saturated carbocycles. The molecule has 9 aromatic rings. The van der Waals surface area contributed by atoms with Crippen LogP contribution in [0.3, 0.4) is 0 Å². The number of halogens is 9. The predicted molar refractivity (Wildman–Crippen MR) is 444 cm³/mol. The summed E-state index contributed by atoms with van der Waals surface area (Å²) in [6.07, 6.45) is 0.620. The maximum absolute atomic E-state index is 15.4. The van der Waals surface area contributed by atoms with E-state index in [4.69, 9.17) is 104 Å². The van der Waals surface area contributed by atoms with E-state index in [9.17, 15) is 53.6 Å². The molecule has 0 saturated heterocycles. The second-order valence-electron chi connectivity index (χ2n) is 25.6. The van der Waals surface area contributed by atoms with Gasteiger partial charge in [0.25, 0.3) is 30.1 Å². The number of rotatable bonds is 33. The van der Waals surface area contributed by atoms with Crippen molar-refractivity contribution in [2.24, 2.45) is 0 Å². The summed E-state index contributed by atoms with van der Waals surface area (Å²) in [4.78, 5) is 67.4. The van der Waals surface area contributed by atoms with Crippen LogP contribution in [0.2, 0.25) is 30.1 Å². The largest absolute Gasteiger partial charge is 1.00 e. The Morgan fingerprint density at radius 3 is 1.10 bits per heavy atom. The summed E-state index contributed by atoms with van der Waals surface area (Å²) in [6, 6.07) is 19.6. The number of carbonyl (C=O) groups is 5. The van der Waals surface area contributed by atoms with Gasteiger partial charge in [0.2, 0.25) is 0 Å². The summed E-state index contributed by atoms with van der Waals surface area (Å²) in [6.45, 7) is 10.4. The molecule has 0 aliphatic carbocycles. The van der Waals surface area contributed by atoms with Crippen LogP contribution in [0.5, 0.6) is 34.5 Å². The molecule has 2 amide bonds. The Bertz CT molecular complexity index is 5250. The SMILES string of the molecule is C.C.CC(C)(C)OC(=O)N(c1cscn1)S(=O)(=O)c1cc(Cl)c(Oc2ccc(Cl)cc2CCCNCC(=O)O)cc1F.COC(=O)CNCCCc1cc(Cl)ccc1Oc1cc(F)c(S(=O)(=O)N(C(=O)OC(C)(C)C)c2cscn2)cc1Cl.O=C(O)CNCCCc1cc(Cl)ccc1Oc1cc(F)c(S(=O)(=O)Nc2cscn2)cc1Cl.[Li+].[OH-]. The number of nitrogens with one attached hydrogen (secondary N) is 4. The number of sulfonamides is 3. The van der Waals surface area contributed by atoms with Crippen molar-refractivity contribution in [3.05, 3.63) is 188 Å². The van der Waals surface area contributed by atoms with Crippen molar-refractivity contribution in [3.8, 4) is 34.5 Å². The van der Waals surface area contributed by atoms with Gasteiger partial charge in [-0.1, -0.05) is 84.5 Å². The van der Waals surface area contributed by atoms with Crippen molar-refractivity contribution in [2.75, 3.05) is 59.7 Å². The third-order valence-electron chi connectivity index (χ3n) is 14.5. The van der Waals surface area contributed by atoms with Crippen LogP contribution in [-0.4, -0.2) is 144 Å². The first-order valence-electron chi connectivity index (χ1n) is 33.3. The molecule has 45 heteroatoms. The molecule has 0 atom stereocenters. The van der Waals surface area contributed by atoms with Crippen LogP contribution in [0.15, 0.2) is 138 Å². The molecule has 0 aliphatic heterocycles. The van der Waals surface area contributed by atoms with Crippen LogP contribution in [0.4, 0.5) is 40.2 Å². The number of esters is 1. The number of thiazole rings is 3. The van der Waals surface area contributed by atoms with Gasteiger partial charge in [0.05, 0.1) is 58.3 Å². The molecular weight excluding hydrogens is 1790 g/mol. The van der Waals surface area contributed by atoms with E-state index in [1.54, 1.807) is 96.1 Å². The first kappa shape index (κ1) is 104. The van der Waals surface area contributed by atoms with Gasteiger partial charge in [0.15, 0.2) is 17.5 Å². The van der Waals surface area contributed by atoms with Gasteiger partial charge >= 0.3 is 49.0 Å². The third kappa shape index (κ3) is 31.3. The van der Waals surface area contributed by atoms with E-state index < -0.39 is 97.5 Å². The second-order valence-corrected chi connectivity index (χ2v) is 35.4. The Hall–Kier alpha value is -7.82. The number of benzene rings is 6. The molecule has 0 radical (unpaired) electrons. The van der Waals surface area contributed by atoms with Crippen molar-refractivity contribution in [2.45, 2.75) is 121 Å². The zero-order chi connectivity index (χ0) is 84.0. The number of aryl methyl sites for hydroxylation is 3. The van der Waals surface area contributed by atoms with Gasteiger partial charge < -0.3 is 60.1 Å². The molecule has 0 spiro atoms. The number of nitrogens with zero attached hydrogens (tertiary/aromatic N) is 5. The zero-order valence-corrected chi connectivity index (χ0v) is 71.9. The van der Waals surface area contributed by atoms with Crippen molar-refractivity contribution < 1.29 is 125 Å². The topological polar surface area (TPSA) is 407 Å². The minimum atomic E-state index is -4.85. The summed E-state index contributed by atoms with van der Waals surface area (Å²) in [5.74, 6) is -5.71. The summed E-state index contributed by atoms with van der Waals surface area (Å²) < 4.78 is 160. The van der Waals surface area contributed by atoms with E-state index in [2.05, 4.69) is 40.4 Å². The smallest absolute Gasteiger partial charge is 0.870 e. The maximum Gasteiger partial charge on any atom is 1.00 e. The molecule has 7 N–H and O–H groups in total. The Kier molecular flexibility index (Phi) is 41.9. The fourth-order valence-electron chi connectivity index (χ4n) is 9.62. The van der Waals surface area contributed by atoms with Crippen molar-refractivity contribution in [1.82, 2.24) is 30.9 Å². The molecule has 9 rings (SSSR count). The maximum atomic E-state index is 15.4. The fourth-order valence-corrected chi connectivity index (χ4v) is 16.5. The number of ether oxygens (including phenoxy) is 6. The normalized spacial score (nSPS) is 11.2. The Labute approximate surface area is 734 Å². The Balaban J connectivity index is 0.000000453. The summed E-state index contributed by atoms with van der Waals surface area (Å²) in [5, 5.41) is 30.7. The molecule has 0 unspecified atom stereocenters. The number of anilines is 3. The molecule has 118 heavy (non-hydrogen) atoms. The van der Waals surface area contributed by atoms with Gasteiger partial charge in [-0.3, -0.25) is 19.1 Å². The van der Waals surface area contributed by atoms with Gasteiger partial charge in [-0.25, -0.2) is 63.0 Å². The van der Waals surface area contributed by atoms with Gasteiger partial charge in [-0.05, 0) is 189 Å². The number of hydrogen-bond acceptors (Lipinski definition) is 27. The Morgan fingerprint density at radius 2 is 0.797 bits per heavy atom. The van der Waals surface area contributed by atoms with E-state index in [0.29, 0.717) is 101 Å². The standard InChI is InChI=1S/C26H28Cl2FN3O7S2.C25H26Cl2FN3O7S2.C20H18Cl2FN3O5S2.2CH4.Li.H2O/c1-26(2,3)39-25(34)32(23-14-40-15-31-23)41(35,36)22-11-18(28)21(12-19(22)29)38-20-8-7-17(27)10-16(20)6-5-9-30-13-24(33)37-4;1-25(2,3)38-24(34)31(22-13-39-14-30-22)40(35,36)21-10-17(27)20(11-18(21)28)37-19-7-6-16(26)9-15(19)5-4-8-29-12-23(32)33;21-13-3-4-16(12(6-13)2-1-5-24-9-20(27)28)31-17-8-15(23)18(7-14(17)22)33(29,30)26-19-10-32-11-25-19;;;;/h7-8,10-12,14-15,30H,5-6,9,13H2,1-4H3;6-7,9-11,13-14,29H,4-5,8,12H2,1-3H3,(H,32,33);3-4,6-8,10-11,24,26H,1-2,5,9H2,(H,27,28);2*1H4;;1H2/q;;;;;+1;/p-1. The van der Waals surface area contributed by atoms with E-state index >= 15 is 8.78 Å². The molecule has 6 aromatic carbocycles. The molecule has 3 aromatic heterocycles. The number of carbonyl (C=O) groups excluding carboxylic acids is 3. The van der Waals surface area contributed by atoms with Crippen LogP contribution in [0, 0.1) is 17.5 Å². The monoisotopic (exact) mass is 1870 g/mol. The summed E-state index contributed by atoms with van der Waals surface area (Å²) in [7, 11) is -12.7. The van der Waals surface area contributed by atoms with Crippen molar-refractivity contribution in [1.29, 1.82) is 0 Å². The summed E-state index contributed by atoms with van der Waals surface area (Å²) >= 11 is 40.5.